The van der Waals surface area contributed by atoms with Crippen LogP contribution in [0.1, 0.15) is 67.9 Å². The maximum absolute atomic E-state index is 12.6. The standard InChI is InChI=1S/C24H14O10.2K.2Na.4H/c25-19(26)13-7-1-3-9-15(13)21(29)33-23(31)17-11-5-6-12-18(17)24(32)34-22(30)16-10-4-2-8-14(16)20(27)28;;;;;;;;/h1-12H,(H,25,26)(H,27,28);;;;;;;;/q;4*+1;4*-1. The number of aromatic carboxylic acids is 2. The molecule has 2 N–H and O–H groups in total. The molecule has 0 unspecified atom stereocenters. The molecule has 0 amide bonds. The van der Waals surface area contributed by atoms with Gasteiger partial charge in [-0.2, -0.15) is 0 Å². The first-order valence-corrected chi connectivity index (χ1v) is 9.47. The number of carboxylic acids is 2. The van der Waals surface area contributed by atoms with Crippen LogP contribution >= 0.6 is 0 Å². The Hall–Kier alpha value is 0.153. The second-order valence-electron chi connectivity index (χ2n) is 6.60. The van der Waals surface area contributed by atoms with Crippen LogP contribution in [0.2, 0.25) is 0 Å². The molecule has 3 rings (SSSR count). The third-order valence-corrected chi connectivity index (χ3v) is 4.49. The van der Waals surface area contributed by atoms with E-state index in [0.717, 1.165) is 36.4 Å². The largest absolute Gasteiger partial charge is 1.00 e. The molecular formula is C24H18K2Na2O10. The number of carbonyl (C=O) groups is 6. The average Bonchev–Trinajstić information content (AvgIpc) is 2.83. The van der Waals surface area contributed by atoms with Gasteiger partial charge in [0, 0.05) is 0 Å². The number of esters is 4. The van der Waals surface area contributed by atoms with E-state index in [1.807, 2.05) is 0 Å². The molecule has 0 aliphatic carbocycles. The summed E-state index contributed by atoms with van der Waals surface area (Å²) in [4.78, 5) is 72.5. The normalized spacial score (nSPS) is 9.05. The summed E-state index contributed by atoms with van der Waals surface area (Å²) < 4.78 is 9.47. The Morgan fingerprint density at radius 2 is 0.632 bits per heavy atom. The molecule has 0 aliphatic heterocycles. The fourth-order valence-electron chi connectivity index (χ4n) is 2.92. The van der Waals surface area contributed by atoms with Crippen molar-refractivity contribution in [3.63, 3.8) is 0 Å². The zero-order chi connectivity index (χ0) is 24.8. The van der Waals surface area contributed by atoms with Gasteiger partial charge in [-0.1, -0.05) is 36.4 Å². The number of hydrogen-bond acceptors (Lipinski definition) is 8. The fourth-order valence-corrected chi connectivity index (χ4v) is 2.92. The predicted molar refractivity (Wildman–Crippen MR) is 117 cm³/mol. The zero-order valence-corrected chi connectivity index (χ0v) is 31.3. The van der Waals surface area contributed by atoms with Crippen molar-refractivity contribution in [2.75, 3.05) is 0 Å². The first kappa shape index (κ1) is 40.3. The van der Waals surface area contributed by atoms with Gasteiger partial charge in [0.25, 0.3) is 0 Å². The molecule has 0 saturated carbocycles. The first-order valence-electron chi connectivity index (χ1n) is 9.47. The molecule has 38 heavy (non-hydrogen) atoms. The molecule has 0 bridgehead atoms. The smallest absolute Gasteiger partial charge is 1.00 e. The molecule has 0 fully saturated rings. The molecular weight excluding hydrogens is 572 g/mol. The Bertz CT molecular complexity index is 1280. The van der Waals surface area contributed by atoms with Crippen LogP contribution in [0.4, 0.5) is 0 Å². The number of carbonyl (C=O) groups excluding carboxylic acids is 4. The van der Waals surface area contributed by atoms with E-state index in [1.54, 1.807) is 0 Å². The third kappa shape index (κ3) is 10.5. The molecule has 0 heterocycles. The summed E-state index contributed by atoms with van der Waals surface area (Å²) in [6.07, 6.45) is 0. The van der Waals surface area contributed by atoms with Crippen LogP contribution in [0.15, 0.2) is 72.8 Å². The summed E-state index contributed by atoms with van der Waals surface area (Å²) in [6.45, 7) is 0. The number of carboxylic acid groups (broad SMARTS) is 2. The maximum Gasteiger partial charge on any atom is 1.00 e. The Kier molecular flexibility index (Phi) is 20.5. The summed E-state index contributed by atoms with van der Waals surface area (Å²) in [5, 5.41) is 18.4. The predicted octanol–water partition coefficient (Wildman–Crippen LogP) is -8.46. The van der Waals surface area contributed by atoms with Crippen molar-refractivity contribution in [1.82, 2.24) is 0 Å². The van der Waals surface area contributed by atoms with Crippen LogP contribution in [-0.4, -0.2) is 46.0 Å². The molecule has 0 aromatic heterocycles. The zero-order valence-electron chi connectivity index (χ0n) is 25.1. The van der Waals surface area contributed by atoms with Crippen molar-refractivity contribution in [3.05, 3.63) is 106 Å². The van der Waals surface area contributed by atoms with Crippen molar-refractivity contribution in [2.45, 2.75) is 0 Å². The third-order valence-electron chi connectivity index (χ3n) is 4.49. The second-order valence-corrected chi connectivity index (χ2v) is 6.60. The van der Waals surface area contributed by atoms with E-state index in [1.165, 1.54) is 36.4 Å². The molecule has 0 atom stereocenters. The minimum absolute atomic E-state index is 0. The number of benzene rings is 3. The number of ether oxygens (including phenoxy) is 2. The van der Waals surface area contributed by atoms with E-state index in [9.17, 15) is 39.0 Å². The summed E-state index contributed by atoms with van der Waals surface area (Å²) in [5.74, 6) is -7.95. The minimum atomic E-state index is -1.41. The fraction of sp³-hybridized carbons (Fsp3) is 0. The van der Waals surface area contributed by atoms with Crippen LogP contribution in [-0.2, 0) is 9.47 Å². The molecule has 178 valence electrons. The van der Waals surface area contributed by atoms with Gasteiger partial charge in [0.2, 0.25) is 0 Å². The van der Waals surface area contributed by atoms with Crippen molar-refractivity contribution in [2.24, 2.45) is 0 Å². The van der Waals surface area contributed by atoms with Gasteiger partial charge in [0.05, 0.1) is 33.4 Å². The van der Waals surface area contributed by atoms with E-state index < -0.39 is 58.1 Å². The van der Waals surface area contributed by atoms with Crippen LogP contribution in [0, 0.1) is 0 Å². The number of hydrogen-bond donors (Lipinski definition) is 2. The van der Waals surface area contributed by atoms with Gasteiger partial charge in [-0.15, -0.1) is 0 Å². The summed E-state index contributed by atoms with van der Waals surface area (Å²) >= 11 is 0. The van der Waals surface area contributed by atoms with Gasteiger partial charge in [-0.05, 0) is 36.4 Å². The van der Waals surface area contributed by atoms with Gasteiger partial charge in [-0.25, -0.2) is 28.8 Å². The molecule has 0 spiro atoms. The molecule has 10 nitrogen and oxygen atoms in total. The van der Waals surface area contributed by atoms with E-state index >= 15 is 0 Å². The Morgan fingerprint density at radius 3 is 0.842 bits per heavy atom. The van der Waals surface area contributed by atoms with Crippen LogP contribution in [0.5, 0.6) is 0 Å². The quantitative estimate of drug-likeness (QED) is 0.160. The summed E-state index contributed by atoms with van der Waals surface area (Å²) in [7, 11) is 0. The van der Waals surface area contributed by atoms with Gasteiger partial charge >= 0.3 is 198 Å². The summed E-state index contributed by atoms with van der Waals surface area (Å²) in [5.41, 5.74) is -2.43. The van der Waals surface area contributed by atoms with Crippen LogP contribution < -0.4 is 162 Å². The van der Waals surface area contributed by atoms with Crippen molar-refractivity contribution in [1.29, 1.82) is 0 Å². The van der Waals surface area contributed by atoms with Gasteiger partial charge < -0.3 is 25.4 Å². The van der Waals surface area contributed by atoms with Gasteiger partial charge in [-0.3, -0.25) is 0 Å². The van der Waals surface area contributed by atoms with Crippen LogP contribution in [0.25, 0.3) is 0 Å². The maximum atomic E-state index is 12.6. The molecule has 0 aliphatic rings. The van der Waals surface area contributed by atoms with E-state index in [4.69, 9.17) is 9.47 Å². The SMILES string of the molecule is O=C(O)c1ccccc1C(=O)OC(=O)c1ccccc1C(=O)OC(=O)c1ccccc1C(=O)O.[H-].[H-].[H-].[H-].[K+].[K+].[Na+].[Na+]. The molecule has 3 aromatic carbocycles. The Balaban J connectivity index is -0.000000405. The number of rotatable bonds is 6. The van der Waals surface area contributed by atoms with Crippen LogP contribution in [0.3, 0.4) is 0 Å². The molecule has 14 heteroatoms. The van der Waals surface area contributed by atoms with E-state index in [2.05, 4.69) is 0 Å². The topological polar surface area (TPSA) is 161 Å². The van der Waals surface area contributed by atoms with Crippen molar-refractivity contribution < 1.29 is 216 Å². The molecule has 3 aromatic rings. The minimum Gasteiger partial charge on any atom is -1.00 e. The Morgan fingerprint density at radius 1 is 0.447 bits per heavy atom. The average molecular weight is 591 g/mol. The molecule has 0 radical (unpaired) electrons. The molecule has 0 saturated heterocycles. The summed E-state index contributed by atoms with van der Waals surface area (Å²) in [6, 6.07) is 15.1. The van der Waals surface area contributed by atoms with Crippen molar-refractivity contribution >= 4 is 35.8 Å². The van der Waals surface area contributed by atoms with E-state index in [-0.39, 0.29) is 179 Å². The van der Waals surface area contributed by atoms with Gasteiger partial charge in [0.15, 0.2) is 0 Å². The Labute approximate surface area is 351 Å². The first-order chi connectivity index (χ1) is 16.2. The second kappa shape index (κ2) is 19.3. The van der Waals surface area contributed by atoms with Gasteiger partial charge in [0.1, 0.15) is 0 Å². The monoisotopic (exact) mass is 590 g/mol. The van der Waals surface area contributed by atoms with E-state index in [0.29, 0.717) is 0 Å². The van der Waals surface area contributed by atoms with Crippen molar-refractivity contribution in [3.8, 4) is 0 Å².